The fourth-order valence-corrected chi connectivity index (χ4v) is 2.84. The second-order valence-electron chi connectivity index (χ2n) is 4.52. The molecule has 0 bridgehead atoms. The summed E-state index contributed by atoms with van der Waals surface area (Å²) < 4.78 is 0. The SMILES string of the molecule is O=C(c1cc(-c2cccs2)n[nH]c1=O)N1CCNCC1. The van der Waals surface area contributed by atoms with E-state index in [1.807, 2.05) is 17.5 Å². The minimum absolute atomic E-state index is 0.158. The lowest BCUT2D eigenvalue weighted by molar-refractivity contribution is 0.0734. The second kappa shape index (κ2) is 5.56. The number of thiophene rings is 1. The van der Waals surface area contributed by atoms with Crippen molar-refractivity contribution in [1.29, 1.82) is 0 Å². The molecule has 0 spiro atoms. The average Bonchev–Trinajstić information content (AvgIpc) is 3.02. The maximum absolute atomic E-state index is 12.4. The maximum atomic E-state index is 12.4. The van der Waals surface area contributed by atoms with Crippen LogP contribution >= 0.6 is 11.3 Å². The molecule has 0 atom stereocenters. The van der Waals surface area contributed by atoms with Crippen molar-refractivity contribution in [3.05, 3.63) is 39.5 Å². The van der Waals surface area contributed by atoms with E-state index in [-0.39, 0.29) is 11.5 Å². The first kappa shape index (κ1) is 13.0. The van der Waals surface area contributed by atoms with Crippen molar-refractivity contribution in [3.8, 4) is 10.6 Å². The Morgan fingerprint density at radius 3 is 2.85 bits per heavy atom. The van der Waals surface area contributed by atoms with Gasteiger partial charge in [-0.05, 0) is 17.5 Å². The normalized spacial score (nSPS) is 15.3. The number of H-pyrrole nitrogens is 1. The van der Waals surface area contributed by atoms with Crippen LogP contribution in [0.3, 0.4) is 0 Å². The maximum Gasteiger partial charge on any atom is 0.277 e. The van der Waals surface area contributed by atoms with Gasteiger partial charge < -0.3 is 10.2 Å². The highest BCUT2D eigenvalue weighted by Gasteiger charge is 2.21. The van der Waals surface area contributed by atoms with Gasteiger partial charge in [0.15, 0.2) is 0 Å². The summed E-state index contributed by atoms with van der Waals surface area (Å²) in [7, 11) is 0. The summed E-state index contributed by atoms with van der Waals surface area (Å²) in [6.45, 7) is 2.75. The van der Waals surface area contributed by atoms with E-state index < -0.39 is 5.56 Å². The molecule has 3 rings (SSSR count). The number of rotatable bonds is 2. The number of carbonyl (C=O) groups is 1. The van der Waals surface area contributed by atoms with Crippen molar-refractivity contribution in [3.63, 3.8) is 0 Å². The van der Waals surface area contributed by atoms with Crippen molar-refractivity contribution < 1.29 is 4.79 Å². The second-order valence-corrected chi connectivity index (χ2v) is 5.46. The highest BCUT2D eigenvalue weighted by Crippen LogP contribution is 2.22. The number of hydrogen-bond acceptors (Lipinski definition) is 5. The smallest absolute Gasteiger partial charge is 0.277 e. The fraction of sp³-hybridized carbons (Fsp3) is 0.308. The first-order valence-corrected chi connectivity index (χ1v) is 7.27. The molecule has 1 fully saturated rings. The first-order chi connectivity index (χ1) is 9.75. The molecule has 2 aromatic heterocycles. The molecule has 2 N–H and O–H groups in total. The summed E-state index contributed by atoms with van der Waals surface area (Å²) in [5, 5.41) is 11.5. The Kier molecular flexibility index (Phi) is 3.62. The third-order valence-corrected chi connectivity index (χ3v) is 4.10. The zero-order valence-electron chi connectivity index (χ0n) is 10.8. The van der Waals surface area contributed by atoms with E-state index in [2.05, 4.69) is 15.5 Å². The Morgan fingerprint density at radius 2 is 2.15 bits per heavy atom. The van der Waals surface area contributed by atoms with E-state index in [4.69, 9.17) is 0 Å². The summed E-state index contributed by atoms with van der Waals surface area (Å²) in [5.74, 6) is -0.229. The van der Waals surface area contributed by atoms with Crippen LogP contribution in [0, 0.1) is 0 Å². The monoisotopic (exact) mass is 290 g/mol. The number of nitrogens with one attached hydrogen (secondary N) is 2. The van der Waals surface area contributed by atoms with Gasteiger partial charge in [-0.3, -0.25) is 9.59 Å². The third-order valence-electron chi connectivity index (χ3n) is 3.21. The van der Waals surface area contributed by atoms with E-state index in [0.29, 0.717) is 18.8 Å². The topological polar surface area (TPSA) is 78.1 Å². The van der Waals surface area contributed by atoms with Crippen LogP contribution in [0.1, 0.15) is 10.4 Å². The summed E-state index contributed by atoms with van der Waals surface area (Å²) in [6, 6.07) is 5.39. The zero-order valence-corrected chi connectivity index (χ0v) is 11.6. The molecular weight excluding hydrogens is 276 g/mol. The van der Waals surface area contributed by atoms with Crippen LogP contribution in [0.2, 0.25) is 0 Å². The highest BCUT2D eigenvalue weighted by molar-refractivity contribution is 7.13. The molecule has 0 aliphatic carbocycles. The van der Waals surface area contributed by atoms with Crippen molar-refractivity contribution >= 4 is 17.2 Å². The molecule has 1 aliphatic rings. The molecule has 7 heteroatoms. The molecule has 6 nitrogen and oxygen atoms in total. The van der Waals surface area contributed by atoms with E-state index in [1.165, 1.54) is 11.3 Å². The fourth-order valence-electron chi connectivity index (χ4n) is 2.15. The molecule has 0 aromatic carbocycles. The standard InChI is InChI=1S/C13H14N4O2S/c18-12-9(13(19)17-5-3-14-4-6-17)8-10(15-16-12)11-2-1-7-20-11/h1-2,7-8,14H,3-6H2,(H,16,18). The van der Waals surface area contributed by atoms with Crippen molar-refractivity contribution in [2.24, 2.45) is 0 Å². The number of aromatic nitrogens is 2. The minimum Gasteiger partial charge on any atom is -0.336 e. The lowest BCUT2D eigenvalue weighted by Crippen LogP contribution is -2.47. The molecule has 104 valence electrons. The van der Waals surface area contributed by atoms with Crippen LogP contribution in [0.5, 0.6) is 0 Å². The molecule has 0 unspecified atom stereocenters. The quantitative estimate of drug-likeness (QED) is 0.846. The van der Waals surface area contributed by atoms with Gasteiger partial charge in [-0.2, -0.15) is 5.10 Å². The summed E-state index contributed by atoms with van der Waals surface area (Å²) in [5.41, 5.74) is 0.345. The zero-order chi connectivity index (χ0) is 13.9. The van der Waals surface area contributed by atoms with Crippen LogP contribution < -0.4 is 10.9 Å². The minimum atomic E-state index is -0.436. The van der Waals surface area contributed by atoms with Gasteiger partial charge in [-0.1, -0.05) is 6.07 Å². The van der Waals surface area contributed by atoms with Gasteiger partial charge in [0.2, 0.25) is 0 Å². The molecule has 2 aromatic rings. The summed E-state index contributed by atoms with van der Waals surface area (Å²) in [4.78, 5) is 26.9. The first-order valence-electron chi connectivity index (χ1n) is 6.39. The van der Waals surface area contributed by atoms with Gasteiger partial charge in [0.05, 0.1) is 4.88 Å². The number of amides is 1. The highest BCUT2D eigenvalue weighted by atomic mass is 32.1. The Hall–Kier alpha value is -1.99. The third kappa shape index (κ3) is 2.50. The number of aromatic amines is 1. The Morgan fingerprint density at radius 1 is 1.35 bits per heavy atom. The predicted molar refractivity (Wildman–Crippen MR) is 76.9 cm³/mol. The van der Waals surface area contributed by atoms with Crippen LogP contribution in [0.15, 0.2) is 28.4 Å². The molecule has 0 radical (unpaired) electrons. The van der Waals surface area contributed by atoms with Gasteiger partial charge in [-0.25, -0.2) is 5.10 Å². The summed E-state index contributed by atoms with van der Waals surface area (Å²) >= 11 is 1.52. The molecule has 0 saturated carbocycles. The van der Waals surface area contributed by atoms with Gasteiger partial charge in [0.25, 0.3) is 11.5 Å². The summed E-state index contributed by atoms with van der Waals surface area (Å²) in [6.07, 6.45) is 0. The molecule has 20 heavy (non-hydrogen) atoms. The molecule has 3 heterocycles. The Balaban J connectivity index is 1.94. The predicted octanol–water partition coefficient (Wildman–Crippen LogP) is 0.544. The Labute approximate surface area is 119 Å². The molecule has 1 amide bonds. The molecule has 1 saturated heterocycles. The van der Waals surface area contributed by atoms with Gasteiger partial charge in [-0.15, -0.1) is 11.3 Å². The lowest BCUT2D eigenvalue weighted by atomic mass is 10.2. The van der Waals surface area contributed by atoms with Crippen molar-refractivity contribution in [2.45, 2.75) is 0 Å². The van der Waals surface area contributed by atoms with Crippen molar-refractivity contribution in [1.82, 2.24) is 20.4 Å². The molecular formula is C13H14N4O2S. The Bertz CT molecular complexity index is 659. The van der Waals surface area contributed by atoms with E-state index in [9.17, 15) is 9.59 Å². The lowest BCUT2D eigenvalue weighted by Gasteiger charge is -2.27. The van der Waals surface area contributed by atoms with Crippen LogP contribution in [0.25, 0.3) is 10.6 Å². The van der Waals surface area contributed by atoms with E-state index >= 15 is 0 Å². The average molecular weight is 290 g/mol. The molecule has 1 aliphatic heterocycles. The largest absolute Gasteiger partial charge is 0.336 e. The number of carbonyl (C=O) groups excluding carboxylic acids is 1. The van der Waals surface area contributed by atoms with Crippen LogP contribution in [-0.4, -0.2) is 47.2 Å². The van der Waals surface area contributed by atoms with Crippen molar-refractivity contribution in [2.75, 3.05) is 26.2 Å². The number of nitrogens with zero attached hydrogens (tertiary/aromatic N) is 2. The van der Waals surface area contributed by atoms with E-state index in [0.717, 1.165) is 18.0 Å². The van der Waals surface area contributed by atoms with Gasteiger partial charge in [0, 0.05) is 26.2 Å². The van der Waals surface area contributed by atoms with Gasteiger partial charge in [0.1, 0.15) is 11.3 Å². The van der Waals surface area contributed by atoms with Gasteiger partial charge >= 0.3 is 0 Å². The number of hydrogen-bond donors (Lipinski definition) is 2. The van der Waals surface area contributed by atoms with Crippen LogP contribution in [0.4, 0.5) is 0 Å². The van der Waals surface area contributed by atoms with Crippen LogP contribution in [-0.2, 0) is 0 Å². The van der Waals surface area contributed by atoms with E-state index in [1.54, 1.807) is 11.0 Å². The number of piperazine rings is 1.